The van der Waals surface area contributed by atoms with Gasteiger partial charge in [0.05, 0.1) is 5.69 Å². The second-order valence-electron chi connectivity index (χ2n) is 8.35. The minimum Gasteiger partial charge on any atom is -0.350 e. The van der Waals surface area contributed by atoms with Crippen LogP contribution in [0.2, 0.25) is 0 Å². The van der Waals surface area contributed by atoms with Crippen molar-refractivity contribution in [3.8, 4) is 0 Å². The summed E-state index contributed by atoms with van der Waals surface area (Å²) in [5.41, 5.74) is 1.99. The highest BCUT2D eigenvalue weighted by Gasteiger charge is 2.40. The average Bonchev–Trinajstić information content (AvgIpc) is 3.15. The Bertz CT molecular complexity index is 1610. The van der Waals surface area contributed by atoms with Crippen LogP contribution in [0.1, 0.15) is 10.4 Å². The fourth-order valence-corrected chi connectivity index (χ4v) is 5.29. The van der Waals surface area contributed by atoms with Crippen LogP contribution in [-0.4, -0.2) is 17.7 Å². The summed E-state index contributed by atoms with van der Waals surface area (Å²) in [6, 6.07) is 26.3. The van der Waals surface area contributed by atoms with Gasteiger partial charge in [-0.1, -0.05) is 49.7 Å². The van der Waals surface area contributed by atoms with E-state index in [-0.39, 0.29) is 22.2 Å². The molecule has 3 amide bonds. The second kappa shape index (κ2) is 11.6. The summed E-state index contributed by atoms with van der Waals surface area (Å²) in [4.78, 5) is 41.5. The first kappa shape index (κ1) is 26.9. The van der Waals surface area contributed by atoms with Gasteiger partial charge in [-0.05, 0) is 91.0 Å². The molecule has 10 heteroatoms. The van der Waals surface area contributed by atoms with E-state index in [1.54, 1.807) is 60.7 Å². The molecule has 0 aliphatic carbocycles. The number of halogens is 3. The maximum Gasteiger partial charge on any atom is 0.283 e. The third kappa shape index (κ3) is 6.13. The van der Waals surface area contributed by atoms with E-state index in [4.69, 9.17) is 0 Å². The van der Waals surface area contributed by atoms with Gasteiger partial charge in [-0.2, -0.15) is 0 Å². The van der Waals surface area contributed by atoms with E-state index < -0.39 is 17.6 Å². The van der Waals surface area contributed by atoms with E-state index in [0.717, 1.165) is 25.6 Å². The summed E-state index contributed by atoms with van der Waals surface area (Å²) in [7, 11) is 0. The molecular formula is C29H18Br2FN3O3S. The monoisotopic (exact) mass is 665 g/mol. The molecule has 1 aliphatic heterocycles. The number of nitrogens with one attached hydrogen (secondary N) is 2. The number of carbonyl (C=O) groups is 3. The molecule has 0 saturated heterocycles. The Balaban J connectivity index is 1.44. The lowest BCUT2D eigenvalue weighted by atomic mass is 10.2. The summed E-state index contributed by atoms with van der Waals surface area (Å²) in [5, 5.41) is 5.94. The molecule has 0 aromatic heterocycles. The van der Waals surface area contributed by atoms with Crippen LogP contribution < -0.4 is 15.5 Å². The van der Waals surface area contributed by atoms with E-state index >= 15 is 0 Å². The van der Waals surface area contributed by atoms with Gasteiger partial charge in [0.15, 0.2) is 0 Å². The first-order chi connectivity index (χ1) is 18.8. The minimum atomic E-state index is -0.559. The molecule has 0 saturated carbocycles. The van der Waals surface area contributed by atoms with Gasteiger partial charge in [0.25, 0.3) is 17.7 Å². The van der Waals surface area contributed by atoms with Gasteiger partial charge in [-0.25, -0.2) is 9.29 Å². The maximum absolute atomic E-state index is 13.5. The molecule has 1 aliphatic rings. The summed E-state index contributed by atoms with van der Waals surface area (Å²) >= 11 is 7.84. The summed E-state index contributed by atoms with van der Waals surface area (Å²) in [6.45, 7) is 0. The van der Waals surface area contributed by atoms with E-state index in [0.29, 0.717) is 21.8 Å². The van der Waals surface area contributed by atoms with Crippen molar-refractivity contribution in [3.05, 3.63) is 128 Å². The SMILES string of the molecule is O=C(Nc1cccc(SC2=C(Nc3ccc(Br)cc3)C(=O)N(c3ccc(F)cc3)C2=O)c1)c1ccc(Br)cc1. The van der Waals surface area contributed by atoms with Gasteiger partial charge < -0.3 is 10.6 Å². The largest absolute Gasteiger partial charge is 0.350 e. The third-order valence-corrected chi connectivity index (χ3v) is 7.79. The first-order valence-corrected chi connectivity index (χ1v) is 13.9. The Morgan fingerprint density at radius 2 is 1.41 bits per heavy atom. The smallest absolute Gasteiger partial charge is 0.283 e. The molecule has 5 rings (SSSR count). The van der Waals surface area contributed by atoms with Crippen molar-refractivity contribution >= 4 is 78.4 Å². The number of hydrogen-bond donors (Lipinski definition) is 2. The van der Waals surface area contributed by atoms with Crippen molar-refractivity contribution in [1.82, 2.24) is 0 Å². The van der Waals surface area contributed by atoms with Crippen molar-refractivity contribution < 1.29 is 18.8 Å². The average molecular weight is 667 g/mol. The highest BCUT2D eigenvalue weighted by molar-refractivity contribution is 9.10. The predicted molar refractivity (Wildman–Crippen MR) is 158 cm³/mol. The molecule has 0 fully saturated rings. The number of anilines is 3. The molecule has 4 aromatic carbocycles. The molecule has 39 heavy (non-hydrogen) atoms. The topological polar surface area (TPSA) is 78.5 Å². The number of carbonyl (C=O) groups excluding carboxylic acids is 3. The van der Waals surface area contributed by atoms with Crippen molar-refractivity contribution in [2.75, 3.05) is 15.5 Å². The molecule has 2 N–H and O–H groups in total. The summed E-state index contributed by atoms with van der Waals surface area (Å²) < 4.78 is 15.3. The van der Waals surface area contributed by atoms with Crippen LogP contribution in [0.25, 0.3) is 0 Å². The van der Waals surface area contributed by atoms with Crippen LogP contribution in [0.15, 0.2) is 122 Å². The normalized spacial score (nSPS) is 13.2. The lowest BCUT2D eigenvalue weighted by Gasteiger charge is -2.15. The van der Waals surface area contributed by atoms with E-state index in [1.807, 2.05) is 12.1 Å². The fraction of sp³-hybridized carbons (Fsp3) is 0. The standard InChI is InChI=1S/C29H18Br2FN3O3S/c30-18-6-4-17(5-7-18)27(36)34-22-2-1-3-24(16-22)39-26-25(33-21-12-8-19(31)9-13-21)28(37)35(29(26)38)23-14-10-20(32)11-15-23/h1-16,33H,(H,34,36). The molecule has 0 unspecified atom stereocenters. The zero-order valence-corrected chi connectivity index (χ0v) is 23.9. The molecule has 0 radical (unpaired) electrons. The fourth-order valence-electron chi connectivity index (χ4n) is 3.78. The molecule has 0 atom stereocenters. The molecule has 4 aromatic rings. The van der Waals surface area contributed by atoms with Crippen LogP contribution in [0.3, 0.4) is 0 Å². The highest BCUT2D eigenvalue weighted by atomic mass is 79.9. The van der Waals surface area contributed by atoms with E-state index in [9.17, 15) is 18.8 Å². The van der Waals surface area contributed by atoms with Crippen LogP contribution >= 0.6 is 43.6 Å². The maximum atomic E-state index is 13.5. The highest BCUT2D eigenvalue weighted by Crippen LogP contribution is 2.38. The van der Waals surface area contributed by atoms with Gasteiger partial charge >= 0.3 is 0 Å². The van der Waals surface area contributed by atoms with Gasteiger partial charge in [-0.3, -0.25) is 14.4 Å². The lowest BCUT2D eigenvalue weighted by Crippen LogP contribution is -2.32. The molecule has 0 spiro atoms. The minimum absolute atomic E-state index is 0.0981. The number of rotatable bonds is 7. The zero-order valence-electron chi connectivity index (χ0n) is 20.0. The number of hydrogen-bond acceptors (Lipinski definition) is 5. The van der Waals surface area contributed by atoms with E-state index in [2.05, 4.69) is 42.5 Å². The van der Waals surface area contributed by atoms with Gasteiger partial charge in [0, 0.05) is 30.8 Å². The van der Waals surface area contributed by atoms with Crippen LogP contribution in [0.5, 0.6) is 0 Å². The number of imide groups is 1. The second-order valence-corrected chi connectivity index (χ2v) is 11.3. The van der Waals surface area contributed by atoms with Crippen molar-refractivity contribution in [3.63, 3.8) is 0 Å². The molecule has 1 heterocycles. The number of benzene rings is 4. The number of amides is 3. The lowest BCUT2D eigenvalue weighted by molar-refractivity contribution is -0.120. The predicted octanol–water partition coefficient (Wildman–Crippen LogP) is 7.59. The molecular weight excluding hydrogens is 649 g/mol. The molecule has 6 nitrogen and oxygen atoms in total. The molecule has 0 bridgehead atoms. The Morgan fingerprint density at radius 3 is 2.08 bits per heavy atom. The van der Waals surface area contributed by atoms with Crippen molar-refractivity contribution in [2.24, 2.45) is 0 Å². The third-order valence-electron chi connectivity index (χ3n) is 5.66. The quantitative estimate of drug-likeness (QED) is 0.199. The molecule has 194 valence electrons. The number of thioether (sulfide) groups is 1. The summed E-state index contributed by atoms with van der Waals surface area (Å²) in [6.07, 6.45) is 0. The Kier molecular flexibility index (Phi) is 7.97. The van der Waals surface area contributed by atoms with E-state index in [1.165, 1.54) is 24.3 Å². The van der Waals surface area contributed by atoms with Gasteiger partial charge in [0.2, 0.25) is 0 Å². The first-order valence-electron chi connectivity index (χ1n) is 11.5. The Labute approximate surface area is 244 Å². The van der Waals surface area contributed by atoms with Crippen LogP contribution in [0, 0.1) is 5.82 Å². The Hall–Kier alpha value is -3.73. The number of nitrogens with zero attached hydrogens (tertiary/aromatic N) is 1. The van der Waals surface area contributed by atoms with Crippen molar-refractivity contribution in [2.45, 2.75) is 4.90 Å². The Morgan fingerprint density at radius 1 is 0.769 bits per heavy atom. The van der Waals surface area contributed by atoms with Crippen LogP contribution in [0.4, 0.5) is 21.5 Å². The van der Waals surface area contributed by atoms with Gasteiger partial charge in [-0.15, -0.1) is 0 Å². The summed E-state index contributed by atoms with van der Waals surface area (Å²) in [5.74, 6) is -1.86. The van der Waals surface area contributed by atoms with Crippen molar-refractivity contribution in [1.29, 1.82) is 0 Å². The van der Waals surface area contributed by atoms with Gasteiger partial charge in [0.1, 0.15) is 16.4 Å². The van der Waals surface area contributed by atoms with Crippen LogP contribution in [-0.2, 0) is 9.59 Å². The zero-order chi connectivity index (χ0) is 27.5.